The molecule has 0 saturated carbocycles. The summed E-state index contributed by atoms with van der Waals surface area (Å²) in [5, 5.41) is 22.7. The predicted octanol–water partition coefficient (Wildman–Crippen LogP) is 2.01. The number of hydrogen-bond donors (Lipinski definition) is 2. The van der Waals surface area contributed by atoms with Crippen molar-refractivity contribution in [2.75, 3.05) is 13.2 Å². The van der Waals surface area contributed by atoms with Crippen molar-refractivity contribution in [3.8, 4) is 0 Å². The van der Waals surface area contributed by atoms with Crippen molar-refractivity contribution in [1.82, 2.24) is 0 Å². The van der Waals surface area contributed by atoms with Crippen LogP contribution in [0.1, 0.15) is 37.6 Å². The van der Waals surface area contributed by atoms with Crippen LogP contribution in [-0.2, 0) is 37.9 Å². The molecule has 12 heteroatoms. The van der Waals surface area contributed by atoms with Gasteiger partial charge in [-0.25, -0.2) is 9.98 Å². The van der Waals surface area contributed by atoms with Gasteiger partial charge in [0, 0.05) is 11.1 Å². The minimum atomic E-state index is -0.982. The van der Waals surface area contributed by atoms with Gasteiger partial charge in [0.15, 0.2) is 12.6 Å². The molecule has 4 saturated heterocycles. The molecule has 2 aromatic carbocycles. The van der Waals surface area contributed by atoms with E-state index in [0.29, 0.717) is 11.8 Å². The molecule has 2 aromatic rings. The number of aliphatic hydroxyl groups excluding tert-OH is 2. The molecular formula is C31H34N2O10. The highest BCUT2D eigenvalue weighted by Gasteiger charge is 2.58. The summed E-state index contributed by atoms with van der Waals surface area (Å²) in [5.74, 6) is 0.600. The standard InChI is InChI=1S/C31H34N2O10/c1-31(2,29-32-19-21(34)23-17(38-27(19)42-29)13-36-25(40-23)15-9-5-3-6-10-15)30-33-20-22(35)24-18(39-28(20)43-30)14-37-26(41-24)16-11-7-4-8-12-16/h3-12,17-28,34-35H,13-14H2,1-2H3/t17-,18-,19-,20-,21-,22-,23-,24-,25-,26-,27-,28-/m1/s1. The summed E-state index contributed by atoms with van der Waals surface area (Å²) in [4.78, 5) is 9.48. The second-order valence-electron chi connectivity index (χ2n) is 12.1. The average Bonchev–Trinajstić information content (AvgIpc) is 3.68. The van der Waals surface area contributed by atoms with Crippen LogP contribution in [0.2, 0.25) is 0 Å². The van der Waals surface area contributed by atoms with Crippen molar-refractivity contribution >= 4 is 11.8 Å². The van der Waals surface area contributed by atoms with Gasteiger partial charge in [0.1, 0.15) is 54.1 Å². The zero-order chi connectivity index (χ0) is 29.3. The molecule has 6 aliphatic heterocycles. The first kappa shape index (κ1) is 27.6. The molecule has 0 radical (unpaired) electrons. The Labute approximate surface area is 248 Å². The van der Waals surface area contributed by atoms with Crippen LogP contribution in [0.15, 0.2) is 70.6 Å². The first-order valence-electron chi connectivity index (χ1n) is 14.7. The Bertz CT molecular complexity index is 1290. The van der Waals surface area contributed by atoms with Gasteiger partial charge in [-0.1, -0.05) is 60.7 Å². The van der Waals surface area contributed by atoms with Crippen molar-refractivity contribution in [2.45, 2.75) is 87.7 Å². The molecule has 43 heavy (non-hydrogen) atoms. The zero-order valence-electron chi connectivity index (χ0n) is 23.7. The third-order valence-corrected chi connectivity index (χ3v) is 8.87. The van der Waals surface area contributed by atoms with Crippen molar-refractivity contribution in [3.05, 3.63) is 71.8 Å². The van der Waals surface area contributed by atoms with Gasteiger partial charge in [-0.15, -0.1) is 0 Å². The fraction of sp³-hybridized carbons (Fsp3) is 0.548. The highest BCUT2D eigenvalue weighted by Crippen LogP contribution is 2.42. The van der Waals surface area contributed by atoms with E-state index in [-0.39, 0.29) is 13.2 Å². The van der Waals surface area contributed by atoms with E-state index in [4.69, 9.17) is 47.9 Å². The SMILES string of the molecule is CC(C)(C1=N[C@H]2[C@@H](O1)O[C@@H]1CO[C@@H](c3ccccc3)O[C@H]1[C@@H]2O)C1=N[C@H]2[C@@H](O1)O[C@@H]1CO[C@@H](c3ccccc3)O[C@H]1[C@@H]2O. The normalized spacial score (nSPS) is 41.9. The summed E-state index contributed by atoms with van der Waals surface area (Å²) < 4.78 is 48.7. The van der Waals surface area contributed by atoms with E-state index in [1.165, 1.54) is 0 Å². The van der Waals surface area contributed by atoms with Crippen LogP contribution in [0.4, 0.5) is 0 Å². The summed E-state index contributed by atoms with van der Waals surface area (Å²) in [5.41, 5.74) is 0.765. The largest absolute Gasteiger partial charge is 0.448 e. The Morgan fingerprint density at radius 2 is 1.05 bits per heavy atom. The summed E-state index contributed by atoms with van der Waals surface area (Å²) in [7, 11) is 0. The van der Waals surface area contributed by atoms with Gasteiger partial charge in [0.25, 0.3) is 0 Å². The molecule has 6 heterocycles. The molecular weight excluding hydrogens is 560 g/mol. The molecule has 0 bridgehead atoms. The Kier molecular flexibility index (Phi) is 6.80. The fourth-order valence-electron chi connectivity index (χ4n) is 6.44. The molecule has 0 spiro atoms. The lowest BCUT2D eigenvalue weighted by Crippen LogP contribution is -2.60. The maximum absolute atomic E-state index is 11.3. The highest BCUT2D eigenvalue weighted by atomic mass is 16.8. The summed E-state index contributed by atoms with van der Waals surface area (Å²) in [6, 6.07) is 17.7. The molecule has 12 nitrogen and oxygen atoms in total. The minimum Gasteiger partial charge on any atom is -0.448 e. The van der Waals surface area contributed by atoms with Crippen LogP contribution < -0.4 is 0 Å². The number of nitrogens with zero attached hydrogens (tertiary/aromatic N) is 2. The number of hydrogen-bond acceptors (Lipinski definition) is 12. The van der Waals surface area contributed by atoms with Gasteiger partial charge in [-0.05, 0) is 13.8 Å². The quantitative estimate of drug-likeness (QED) is 0.541. The predicted molar refractivity (Wildman–Crippen MR) is 148 cm³/mol. The molecule has 0 unspecified atom stereocenters. The molecule has 8 rings (SSSR count). The van der Waals surface area contributed by atoms with Crippen LogP contribution in [0.25, 0.3) is 0 Å². The average molecular weight is 595 g/mol. The van der Waals surface area contributed by atoms with Gasteiger partial charge in [-0.3, -0.25) is 0 Å². The second kappa shape index (κ2) is 10.6. The minimum absolute atomic E-state index is 0.236. The van der Waals surface area contributed by atoms with Gasteiger partial charge in [-0.2, -0.15) is 0 Å². The first-order valence-corrected chi connectivity index (χ1v) is 14.7. The van der Waals surface area contributed by atoms with Gasteiger partial charge in [0.05, 0.1) is 13.2 Å². The van der Waals surface area contributed by atoms with Gasteiger partial charge in [0.2, 0.25) is 24.4 Å². The maximum Gasteiger partial charge on any atom is 0.227 e. The molecule has 2 N–H and O–H groups in total. The van der Waals surface area contributed by atoms with Crippen LogP contribution in [0.5, 0.6) is 0 Å². The van der Waals surface area contributed by atoms with Crippen molar-refractivity contribution < 1.29 is 48.1 Å². The summed E-state index contributed by atoms with van der Waals surface area (Å²) in [6.07, 6.45) is -7.17. The Morgan fingerprint density at radius 3 is 1.47 bits per heavy atom. The molecule has 12 atom stereocenters. The van der Waals surface area contributed by atoms with Crippen LogP contribution in [0.3, 0.4) is 0 Å². The van der Waals surface area contributed by atoms with Crippen LogP contribution in [-0.4, -0.2) is 96.5 Å². The van der Waals surface area contributed by atoms with E-state index in [2.05, 4.69) is 0 Å². The molecule has 0 amide bonds. The van der Waals surface area contributed by atoms with Gasteiger partial charge < -0.3 is 48.1 Å². The lowest BCUT2D eigenvalue weighted by atomic mass is 9.92. The zero-order valence-corrected chi connectivity index (χ0v) is 23.7. The van der Waals surface area contributed by atoms with Crippen molar-refractivity contribution in [3.63, 3.8) is 0 Å². The number of ether oxygens (including phenoxy) is 8. The first-order chi connectivity index (χ1) is 20.9. The summed E-state index contributed by atoms with van der Waals surface area (Å²) >= 11 is 0. The number of aliphatic imine (C=N–C) groups is 2. The fourth-order valence-corrected chi connectivity index (χ4v) is 6.44. The number of fused-ring (bicyclic) bond motifs is 4. The third-order valence-electron chi connectivity index (χ3n) is 8.87. The third kappa shape index (κ3) is 4.68. The van der Waals surface area contributed by atoms with E-state index >= 15 is 0 Å². The van der Waals surface area contributed by atoms with Crippen LogP contribution in [0, 0.1) is 5.41 Å². The van der Waals surface area contributed by atoms with E-state index in [0.717, 1.165) is 11.1 Å². The lowest BCUT2D eigenvalue weighted by molar-refractivity contribution is -0.330. The molecule has 4 fully saturated rings. The maximum atomic E-state index is 11.3. The van der Waals surface area contributed by atoms with E-state index < -0.39 is 79.3 Å². The number of rotatable bonds is 4. The molecule has 0 aromatic heterocycles. The van der Waals surface area contributed by atoms with E-state index in [1.54, 1.807) is 0 Å². The van der Waals surface area contributed by atoms with E-state index in [9.17, 15) is 10.2 Å². The van der Waals surface area contributed by atoms with E-state index in [1.807, 2.05) is 74.5 Å². The second-order valence-corrected chi connectivity index (χ2v) is 12.1. The Morgan fingerprint density at radius 1 is 0.628 bits per heavy atom. The highest BCUT2D eigenvalue weighted by molar-refractivity contribution is 6.05. The smallest absolute Gasteiger partial charge is 0.227 e. The Balaban J connectivity index is 0.977. The molecule has 228 valence electrons. The Hall–Kier alpha value is -2.94. The summed E-state index contributed by atoms with van der Waals surface area (Å²) in [6.45, 7) is 4.18. The number of benzene rings is 2. The lowest BCUT2D eigenvalue weighted by Gasteiger charge is -2.44. The topological polar surface area (TPSA) is 139 Å². The molecule has 6 aliphatic rings. The van der Waals surface area contributed by atoms with Crippen molar-refractivity contribution in [2.24, 2.45) is 15.4 Å². The van der Waals surface area contributed by atoms with Crippen molar-refractivity contribution in [1.29, 1.82) is 0 Å². The van der Waals surface area contributed by atoms with Crippen LogP contribution >= 0.6 is 0 Å². The monoisotopic (exact) mass is 594 g/mol. The molecule has 0 aliphatic carbocycles. The number of aliphatic hydroxyl groups is 2. The van der Waals surface area contributed by atoms with Gasteiger partial charge >= 0.3 is 0 Å².